The summed E-state index contributed by atoms with van der Waals surface area (Å²) in [5.41, 5.74) is 3.32. The summed E-state index contributed by atoms with van der Waals surface area (Å²) in [4.78, 5) is 12.1. The molecule has 0 unspecified atom stereocenters. The molecule has 1 amide bonds. The summed E-state index contributed by atoms with van der Waals surface area (Å²) in [5.74, 6) is -0.163. The van der Waals surface area contributed by atoms with Crippen LogP contribution in [-0.4, -0.2) is 5.91 Å². The number of carbonyl (C=O) groups excluding carboxylic acids is 1. The summed E-state index contributed by atoms with van der Waals surface area (Å²) in [6, 6.07) is 16.8. The smallest absolute Gasteiger partial charge is 0.255 e. The molecule has 0 aliphatic heterocycles. The molecule has 19 heavy (non-hydrogen) atoms. The standard InChI is InChI=1S/C16H14N2O/c1-12-5-7-15(8-6-12)18-16(19)14-4-2-3-13(11-14)9-10-17/h2-8,11H,9H2,1H3,(H,18,19). The molecule has 0 radical (unpaired) electrons. The number of rotatable bonds is 3. The minimum Gasteiger partial charge on any atom is -0.322 e. The fourth-order valence-electron chi connectivity index (χ4n) is 1.75. The molecule has 0 aliphatic rings. The van der Waals surface area contributed by atoms with Crippen LogP contribution in [0.25, 0.3) is 0 Å². The number of hydrogen-bond acceptors (Lipinski definition) is 2. The van der Waals surface area contributed by atoms with Crippen LogP contribution in [0.5, 0.6) is 0 Å². The van der Waals surface area contributed by atoms with Crippen molar-refractivity contribution in [3.05, 3.63) is 65.2 Å². The lowest BCUT2D eigenvalue weighted by atomic mass is 10.1. The van der Waals surface area contributed by atoms with Gasteiger partial charge in [0.15, 0.2) is 0 Å². The van der Waals surface area contributed by atoms with Gasteiger partial charge in [-0.15, -0.1) is 0 Å². The third kappa shape index (κ3) is 3.43. The minimum atomic E-state index is -0.163. The van der Waals surface area contributed by atoms with Gasteiger partial charge in [-0.3, -0.25) is 4.79 Å². The predicted molar refractivity (Wildman–Crippen MR) is 74.9 cm³/mol. The zero-order valence-corrected chi connectivity index (χ0v) is 10.7. The van der Waals surface area contributed by atoms with Crippen LogP contribution in [0.15, 0.2) is 48.5 Å². The van der Waals surface area contributed by atoms with Gasteiger partial charge >= 0.3 is 0 Å². The van der Waals surface area contributed by atoms with E-state index in [2.05, 4.69) is 11.4 Å². The summed E-state index contributed by atoms with van der Waals surface area (Å²) in [6.45, 7) is 2.00. The highest BCUT2D eigenvalue weighted by Crippen LogP contribution is 2.12. The van der Waals surface area contributed by atoms with E-state index in [0.717, 1.165) is 16.8 Å². The van der Waals surface area contributed by atoms with Crippen molar-refractivity contribution in [2.45, 2.75) is 13.3 Å². The van der Waals surface area contributed by atoms with Crippen molar-refractivity contribution in [2.75, 3.05) is 5.32 Å². The number of anilines is 1. The number of carbonyl (C=O) groups is 1. The van der Waals surface area contributed by atoms with E-state index in [1.807, 2.05) is 37.3 Å². The van der Waals surface area contributed by atoms with Crippen LogP contribution in [0, 0.1) is 18.3 Å². The highest BCUT2D eigenvalue weighted by atomic mass is 16.1. The van der Waals surface area contributed by atoms with Crippen LogP contribution in [0.1, 0.15) is 21.5 Å². The fourth-order valence-corrected chi connectivity index (χ4v) is 1.75. The Hall–Kier alpha value is -2.60. The summed E-state index contributed by atoms with van der Waals surface area (Å²) in [6.07, 6.45) is 0.311. The summed E-state index contributed by atoms with van der Waals surface area (Å²) >= 11 is 0. The van der Waals surface area contributed by atoms with Gasteiger partial charge in [0, 0.05) is 11.3 Å². The monoisotopic (exact) mass is 250 g/mol. The molecule has 0 saturated heterocycles. The molecule has 0 saturated carbocycles. The number of aryl methyl sites for hydroxylation is 1. The van der Waals surface area contributed by atoms with Gasteiger partial charge in [0.1, 0.15) is 0 Å². The van der Waals surface area contributed by atoms with E-state index in [1.54, 1.807) is 18.2 Å². The van der Waals surface area contributed by atoms with Gasteiger partial charge in [0.25, 0.3) is 5.91 Å². The van der Waals surface area contributed by atoms with Gasteiger partial charge in [-0.25, -0.2) is 0 Å². The van der Waals surface area contributed by atoms with Crippen LogP contribution in [-0.2, 0) is 6.42 Å². The van der Waals surface area contributed by atoms with Gasteiger partial charge < -0.3 is 5.32 Å². The molecule has 0 spiro atoms. The van der Waals surface area contributed by atoms with Crippen molar-refractivity contribution in [1.29, 1.82) is 5.26 Å². The number of benzene rings is 2. The van der Waals surface area contributed by atoms with Crippen molar-refractivity contribution in [3.63, 3.8) is 0 Å². The molecule has 3 nitrogen and oxygen atoms in total. The maximum Gasteiger partial charge on any atom is 0.255 e. The molecule has 0 heterocycles. The average Bonchev–Trinajstić information content (AvgIpc) is 2.42. The predicted octanol–water partition coefficient (Wildman–Crippen LogP) is 3.31. The first-order chi connectivity index (χ1) is 9.19. The van der Waals surface area contributed by atoms with Gasteiger partial charge in [0.2, 0.25) is 0 Å². The first-order valence-electron chi connectivity index (χ1n) is 6.03. The van der Waals surface area contributed by atoms with E-state index in [4.69, 9.17) is 5.26 Å². The second-order valence-electron chi connectivity index (χ2n) is 4.36. The highest BCUT2D eigenvalue weighted by Gasteiger charge is 2.06. The van der Waals surface area contributed by atoms with E-state index in [9.17, 15) is 4.79 Å². The zero-order chi connectivity index (χ0) is 13.7. The molecule has 0 bridgehead atoms. The van der Waals surface area contributed by atoms with Crippen LogP contribution in [0.2, 0.25) is 0 Å². The van der Waals surface area contributed by atoms with Crippen molar-refractivity contribution >= 4 is 11.6 Å². The molecular weight excluding hydrogens is 236 g/mol. The van der Waals surface area contributed by atoms with Crippen LogP contribution < -0.4 is 5.32 Å². The Morgan fingerprint density at radius 2 is 1.95 bits per heavy atom. The highest BCUT2D eigenvalue weighted by molar-refractivity contribution is 6.04. The van der Waals surface area contributed by atoms with Gasteiger partial charge in [0.05, 0.1) is 12.5 Å². The Morgan fingerprint density at radius 3 is 2.63 bits per heavy atom. The van der Waals surface area contributed by atoms with Gasteiger partial charge in [-0.05, 0) is 36.8 Å². The Bertz CT molecular complexity index is 624. The lowest BCUT2D eigenvalue weighted by Gasteiger charge is -2.06. The molecule has 0 atom stereocenters. The molecular formula is C16H14N2O. The Morgan fingerprint density at radius 1 is 1.21 bits per heavy atom. The normalized spacial score (nSPS) is 9.68. The lowest BCUT2D eigenvalue weighted by Crippen LogP contribution is -2.12. The molecule has 1 N–H and O–H groups in total. The van der Waals surface area contributed by atoms with E-state index in [-0.39, 0.29) is 5.91 Å². The topological polar surface area (TPSA) is 52.9 Å². The minimum absolute atomic E-state index is 0.163. The fraction of sp³-hybridized carbons (Fsp3) is 0.125. The van der Waals surface area contributed by atoms with Crippen molar-refractivity contribution in [3.8, 4) is 6.07 Å². The summed E-state index contributed by atoms with van der Waals surface area (Å²) in [5, 5.41) is 11.5. The molecule has 0 aromatic heterocycles. The quantitative estimate of drug-likeness (QED) is 0.908. The lowest BCUT2D eigenvalue weighted by molar-refractivity contribution is 0.102. The molecule has 3 heteroatoms. The van der Waals surface area contributed by atoms with Gasteiger partial charge in [-0.1, -0.05) is 29.8 Å². The van der Waals surface area contributed by atoms with Crippen molar-refractivity contribution in [2.24, 2.45) is 0 Å². The molecule has 2 aromatic rings. The molecule has 2 rings (SSSR count). The number of nitrogens with one attached hydrogen (secondary N) is 1. The first kappa shape index (κ1) is 12.8. The Kier molecular flexibility index (Phi) is 3.94. The third-order valence-electron chi connectivity index (χ3n) is 2.78. The van der Waals surface area contributed by atoms with Gasteiger partial charge in [-0.2, -0.15) is 5.26 Å². The molecule has 0 fully saturated rings. The van der Waals surface area contributed by atoms with Crippen LogP contribution >= 0.6 is 0 Å². The molecule has 0 aliphatic carbocycles. The summed E-state index contributed by atoms with van der Waals surface area (Å²) in [7, 11) is 0. The van der Waals surface area contributed by atoms with E-state index >= 15 is 0 Å². The number of nitrogens with zero attached hydrogens (tertiary/aromatic N) is 1. The average molecular weight is 250 g/mol. The first-order valence-corrected chi connectivity index (χ1v) is 6.03. The van der Waals surface area contributed by atoms with E-state index < -0.39 is 0 Å². The molecule has 2 aromatic carbocycles. The second kappa shape index (κ2) is 5.83. The summed E-state index contributed by atoms with van der Waals surface area (Å²) < 4.78 is 0. The van der Waals surface area contributed by atoms with Crippen LogP contribution in [0.3, 0.4) is 0 Å². The van der Waals surface area contributed by atoms with E-state index in [1.165, 1.54) is 0 Å². The number of nitriles is 1. The SMILES string of the molecule is Cc1ccc(NC(=O)c2cccc(CC#N)c2)cc1. The largest absolute Gasteiger partial charge is 0.322 e. The number of amides is 1. The zero-order valence-electron chi connectivity index (χ0n) is 10.7. The third-order valence-corrected chi connectivity index (χ3v) is 2.78. The maximum atomic E-state index is 12.1. The Balaban J connectivity index is 2.13. The Labute approximate surface area is 112 Å². The maximum absolute atomic E-state index is 12.1. The molecule has 94 valence electrons. The van der Waals surface area contributed by atoms with Crippen molar-refractivity contribution in [1.82, 2.24) is 0 Å². The number of hydrogen-bond donors (Lipinski definition) is 1. The van der Waals surface area contributed by atoms with E-state index in [0.29, 0.717) is 12.0 Å². The van der Waals surface area contributed by atoms with Crippen molar-refractivity contribution < 1.29 is 4.79 Å². The van der Waals surface area contributed by atoms with Crippen LogP contribution in [0.4, 0.5) is 5.69 Å². The second-order valence-corrected chi connectivity index (χ2v) is 4.36.